The van der Waals surface area contributed by atoms with Gasteiger partial charge in [0.05, 0.1) is 11.8 Å². The molecule has 0 fully saturated rings. The van der Waals surface area contributed by atoms with Crippen LogP contribution >= 0.6 is 0 Å². The van der Waals surface area contributed by atoms with Crippen LogP contribution in [0.2, 0.25) is 0 Å². The largest absolute Gasteiger partial charge is 0.432 e. The highest BCUT2D eigenvalue weighted by atomic mass is 16.5. The zero-order chi connectivity index (χ0) is 24.9. The molecule has 3 nitrogen and oxygen atoms in total. The Balaban J connectivity index is 2.07. The standard InChI is InChI=1S/C31H37NO2/c1-8-22-19-26(30(33)34-11-4)15-17-27(22)25-14-12-13-23(20-25)24-16-18-29(32(9-2)10-3)28(21-24)31(5,6)7/h11-21H,4,8-10H2,1-3,5-7H3. The van der Waals surface area contributed by atoms with Crippen LogP contribution in [0, 0.1) is 0 Å². The first-order valence-electron chi connectivity index (χ1n) is 12.2. The van der Waals surface area contributed by atoms with E-state index in [1.165, 1.54) is 28.6 Å². The second-order valence-corrected chi connectivity index (χ2v) is 9.53. The number of anilines is 1. The van der Waals surface area contributed by atoms with Gasteiger partial charge in [-0.25, -0.2) is 4.79 Å². The molecule has 0 unspecified atom stereocenters. The minimum absolute atomic E-state index is 0.0385. The number of aryl methyl sites for hydroxylation is 1. The van der Waals surface area contributed by atoms with Gasteiger partial charge in [0.2, 0.25) is 0 Å². The Kier molecular flexibility index (Phi) is 7.98. The van der Waals surface area contributed by atoms with Crippen LogP contribution in [-0.2, 0) is 16.6 Å². The van der Waals surface area contributed by atoms with E-state index in [9.17, 15) is 4.79 Å². The van der Waals surface area contributed by atoms with Crippen molar-refractivity contribution in [3.05, 3.63) is 90.2 Å². The first kappa shape index (κ1) is 25.3. The van der Waals surface area contributed by atoms with Crippen LogP contribution in [-0.4, -0.2) is 19.1 Å². The molecule has 0 aliphatic rings. The number of hydrogen-bond donors (Lipinski definition) is 0. The second-order valence-electron chi connectivity index (χ2n) is 9.53. The summed E-state index contributed by atoms with van der Waals surface area (Å²) in [7, 11) is 0. The highest BCUT2D eigenvalue weighted by Crippen LogP contribution is 2.37. The molecular weight excluding hydrogens is 418 g/mol. The summed E-state index contributed by atoms with van der Waals surface area (Å²) >= 11 is 0. The SMILES string of the molecule is C=COC(=O)c1ccc(-c2cccc(-c3ccc(N(CC)CC)c(C(C)(C)C)c3)c2)c(CC)c1. The molecule has 0 saturated heterocycles. The monoisotopic (exact) mass is 455 g/mol. The molecule has 0 aliphatic carbocycles. The predicted molar refractivity (Wildman–Crippen MR) is 145 cm³/mol. The van der Waals surface area contributed by atoms with Gasteiger partial charge in [-0.15, -0.1) is 0 Å². The lowest BCUT2D eigenvalue weighted by Crippen LogP contribution is -2.26. The first-order chi connectivity index (χ1) is 16.2. The Morgan fingerprint density at radius 2 is 1.59 bits per heavy atom. The van der Waals surface area contributed by atoms with Crippen LogP contribution in [0.4, 0.5) is 5.69 Å². The number of benzene rings is 3. The zero-order valence-electron chi connectivity index (χ0n) is 21.4. The molecule has 3 rings (SSSR count). The Morgan fingerprint density at radius 3 is 2.21 bits per heavy atom. The summed E-state index contributed by atoms with van der Waals surface area (Å²) < 4.78 is 4.95. The lowest BCUT2D eigenvalue weighted by molar-refractivity contribution is 0.0664. The second kappa shape index (κ2) is 10.7. The van der Waals surface area contributed by atoms with Crippen LogP contribution < -0.4 is 4.90 Å². The molecule has 3 aromatic carbocycles. The minimum Gasteiger partial charge on any atom is -0.432 e. The maximum atomic E-state index is 12.1. The van der Waals surface area contributed by atoms with Crippen LogP contribution in [0.1, 0.15) is 63.0 Å². The molecule has 0 atom stereocenters. The van der Waals surface area contributed by atoms with Gasteiger partial charge >= 0.3 is 5.97 Å². The van der Waals surface area contributed by atoms with Gasteiger partial charge in [-0.3, -0.25) is 0 Å². The van der Waals surface area contributed by atoms with E-state index in [2.05, 4.69) is 95.5 Å². The van der Waals surface area contributed by atoms with Gasteiger partial charge in [0.25, 0.3) is 0 Å². The summed E-state index contributed by atoms with van der Waals surface area (Å²) in [5, 5.41) is 0. The van der Waals surface area contributed by atoms with E-state index in [0.29, 0.717) is 5.56 Å². The number of carbonyl (C=O) groups excluding carboxylic acids is 1. The number of ether oxygens (including phenoxy) is 1. The predicted octanol–water partition coefficient (Wildman–Crippen LogP) is 8.03. The van der Waals surface area contributed by atoms with Crippen molar-refractivity contribution in [1.29, 1.82) is 0 Å². The smallest absolute Gasteiger partial charge is 0.342 e. The summed E-state index contributed by atoms with van der Waals surface area (Å²) in [5.41, 5.74) is 9.04. The van der Waals surface area contributed by atoms with Gasteiger partial charge in [-0.1, -0.05) is 64.6 Å². The maximum Gasteiger partial charge on any atom is 0.342 e. The van der Waals surface area contributed by atoms with Gasteiger partial charge < -0.3 is 9.64 Å². The number of carbonyl (C=O) groups is 1. The highest BCUT2D eigenvalue weighted by Gasteiger charge is 2.21. The normalized spacial score (nSPS) is 11.2. The Morgan fingerprint density at radius 1 is 0.912 bits per heavy atom. The van der Waals surface area contributed by atoms with Gasteiger partial charge in [0.1, 0.15) is 0 Å². The molecule has 3 aromatic rings. The van der Waals surface area contributed by atoms with Crippen molar-refractivity contribution in [1.82, 2.24) is 0 Å². The molecule has 0 spiro atoms. The number of rotatable bonds is 8. The lowest BCUT2D eigenvalue weighted by Gasteiger charge is -2.30. The first-order valence-corrected chi connectivity index (χ1v) is 12.2. The van der Waals surface area contributed by atoms with Crippen molar-refractivity contribution in [3.63, 3.8) is 0 Å². The summed E-state index contributed by atoms with van der Waals surface area (Å²) in [4.78, 5) is 14.6. The van der Waals surface area contributed by atoms with Crippen molar-refractivity contribution in [3.8, 4) is 22.3 Å². The number of hydrogen-bond acceptors (Lipinski definition) is 3. The molecule has 34 heavy (non-hydrogen) atoms. The topological polar surface area (TPSA) is 29.5 Å². The third kappa shape index (κ3) is 5.41. The molecule has 0 aliphatic heterocycles. The minimum atomic E-state index is -0.381. The lowest BCUT2D eigenvalue weighted by atomic mass is 9.83. The summed E-state index contributed by atoms with van der Waals surface area (Å²) in [6.07, 6.45) is 1.99. The third-order valence-corrected chi connectivity index (χ3v) is 6.33. The summed E-state index contributed by atoms with van der Waals surface area (Å²) in [6.45, 7) is 18.8. The quantitative estimate of drug-likeness (QED) is 0.254. The number of nitrogens with zero attached hydrogens (tertiary/aromatic N) is 1. The van der Waals surface area contributed by atoms with Gasteiger partial charge in [0.15, 0.2) is 0 Å². The van der Waals surface area contributed by atoms with Crippen molar-refractivity contribution in [2.24, 2.45) is 0 Å². The van der Waals surface area contributed by atoms with E-state index in [1.54, 1.807) is 0 Å². The third-order valence-electron chi connectivity index (χ3n) is 6.33. The van der Waals surface area contributed by atoms with E-state index in [1.807, 2.05) is 18.2 Å². The van der Waals surface area contributed by atoms with Gasteiger partial charge in [-0.05, 0) is 89.4 Å². The molecule has 178 valence electrons. The molecule has 0 bridgehead atoms. The van der Waals surface area contributed by atoms with E-state index in [4.69, 9.17) is 4.74 Å². The molecule has 3 heteroatoms. The Labute approximate surface area is 205 Å². The Bertz CT molecular complexity index is 1170. The van der Waals surface area contributed by atoms with E-state index in [-0.39, 0.29) is 11.4 Å². The highest BCUT2D eigenvalue weighted by molar-refractivity contribution is 5.91. The number of esters is 1. The summed E-state index contributed by atoms with van der Waals surface area (Å²) in [6, 6.07) is 21.3. The molecular formula is C31H37NO2. The van der Waals surface area contributed by atoms with Crippen LogP contribution in [0.3, 0.4) is 0 Å². The molecule has 0 amide bonds. The van der Waals surface area contributed by atoms with E-state index >= 15 is 0 Å². The molecule has 0 aromatic heterocycles. The molecule has 0 N–H and O–H groups in total. The van der Waals surface area contributed by atoms with Gasteiger partial charge in [-0.2, -0.15) is 0 Å². The van der Waals surface area contributed by atoms with Crippen LogP contribution in [0.15, 0.2) is 73.5 Å². The van der Waals surface area contributed by atoms with Crippen molar-refractivity contribution < 1.29 is 9.53 Å². The molecule has 0 saturated carbocycles. The molecule has 0 radical (unpaired) electrons. The van der Waals surface area contributed by atoms with Crippen molar-refractivity contribution >= 4 is 11.7 Å². The fourth-order valence-electron chi connectivity index (χ4n) is 4.46. The van der Waals surface area contributed by atoms with Crippen molar-refractivity contribution in [2.75, 3.05) is 18.0 Å². The fraction of sp³-hybridized carbons (Fsp3) is 0.323. The van der Waals surface area contributed by atoms with E-state index in [0.717, 1.165) is 36.2 Å². The average molecular weight is 456 g/mol. The van der Waals surface area contributed by atoms with Crippen LogP contribution in [0.5, 0.6) is 0 Å². The Hall–Kier alpha value is -3.33. The average Bonchev–Trinajstić information content (AvgIpc) is 2.84. The zero-order valence-corrected chi connectivity index (χ0v) is 21.4. The fourth-order valence-corrected chi connectivity index (χ4v) is 4.46. The van der Waals surface area contributed by atoms with Crippen LogP contribution in [0.25, 0.3) is 22.3 Å². The van der Waals surface area contributed by atoms with Gasteiger partial charge in [0, 0.05) is 18.8 Å². The maximum absolute atomic E-state index is 12.1. The van der Waals surface area contributed by atoms with E-state index < -0.39 is 0 Å². The summed E-state index contributed by atoms with van der Waals surface area (Å²) in [5.74, 6) is -0.381. The molecule has 0 heterocycles. The van der Waals surface area contributed by atoms with Crippen molar-refractivity contribution in [2.45, 2.75) is 53.4 Å².